The van der Waals surface area contributed by atoms with E-state index in [4.69, 9.17) is 10.00 Å². The van der Waals surface area contributed by atoms with Gasteiger partial charge in [0.15, 0.2) is 11.6 Å². The quantitative estimate of drug-likeness (QED) is 0.790. The first kappa shape index (κ1) is 14.5. The second-order valence-electron chi connectivity index (χ2n) is 4.53. The fraction of sp³-hybridized carbons (Fsp3) is 0.500. The third kappa shape index (κ3) is 3.71. The largest absolute Gasteiger partial charge is 0.491 e. The third-order valence-corrected chi connectivity index (χ3v) is 3.03. The molecule has 1 aromatic rings. The number of ether oxygens (including phenoxy) is 1. The molecule has 18 heavy (non-hydrogen) atoms. The van der Waals surface area contributed by atoms with Crippen LogP contribution in [0.25, 0.3) is 0 Å². The summed E-state index contributed by atoms with van der Waals surface area (Å²) in [7, 11) is 1.75. The molecule has 0 heterocycles. The van der Waals surface area contributed by atoms with E-state index in [9.17, 15) is 4.39 Å². The van der Waals surface area contributed by atoms with Crippen molar-refractivity contribution in [1.29, 1.82) is 5.26 Å². The van der Waals surface area contributed by atoms with Gasteiger partial charge in [0, 0.05) is 0 Å². The Hall–Kier alpha value is -1.60. The van der Waals surface area contributed by atoms with Crippen LogP contribution in [0, 0.1) is 24.1 Å². The second-order valence-corrected chi connectivity index (χ2v) is 4.53. The smallest absolute Gasteiger partial charge is 0.167 e. The number of benzene rings is 1. The number of nitrogens with zero attached hydrogens (tertiary/aromatic N) is 1. The van der Waals surface area contributed by atoms with E-state index in [-0.39, 0.29) is 11.6 Å². The maximum Gasteiger partial charge on any atom is 0.167 e. The van der Waals surface area contributed by atoms with Gasteiger partial charge in [-0.1, -0.05) is 12.1 Å². The van der Waals surface area contributed by atoms with E-state index in [2.05, 4.69) is 11.4 Å². The zero-order chi connectivity index (χ0) is 13.6. The molecule has 0 aliphatic heterocycles. The number of hydrogen-bond donors (Lipinski definition) is 1. The second kappa shape index (κ2) is 6.36. The Kier molecular flexibility index (Phi) is 5.11. The first-order valence-electron chi connectivity index (χ1n) is 6.00. The van der Waals surface area contributed by atoms with Crippen LogP contribution in [0.5, 0.6) is 5.75 Å². The van der Waals surface area contributed by atoms with E-state index in [0.717, 1.165) is 0 Å². The lowest BCUT2D eigenvalue weighted by molar-refractivity contribution is 0.276. The van der Waals surface area contributed by atoms with Crippen molar-refractivity contribution < 1.29 is 9.13 Å². The van der Waals surface area contributed by atoms with Crippen molar-refractivity contribution in [3.63, 3.8) is 0 Å². The molecule has 0 aliphatic carbocycles. The van der Waals surface area contributed by atoms with Crippen LogP contribution < -0.4 is 10.1 Å². The molecule has 3 nitrogen and oxygen atoms in total. The Labute approximate surface area is 108 Å². The standard InChI is InChI=1S/C14H19FN2O/c1-11-6-4-7-12(13(11)15)18-9-5-8-14(2,10-16)17-3/h4,6-7,17H,5,8-9H2,1-3H3. The Bertz CT molecular complexity index is 442. The highest BCUT2D eigenvalue weighted by Gasteiger charge is 2.20. The summed E-state index contributed by atoms with van der Waals surface area (Å²) in [5.41, 5.74) is 0.0266. The fourth-order valence-electron chi connectivity index (χ4n) is 1.58. The molecule has 4 heteroatoms. The van der Waals surface area contributed by atoms with Gasteiger partial charge in [0.05, 0.1) is 12.7 Å². The third-order valence-electron chi connectivity index (χ3n) is 3.03. The maximum atomic E-state index is 13.6. The first-order valence-corrected chi connectivity index (χ1v) is 6.00. The van der Waals surface area contributed by atoms with Gasteiger partial charge in [-0.15, -0.1) is 0 Å². The molecular weight excluding hydrogens is 231 g/mol. The van der Waals surface area contributed by atoms with Crippen LogP contribution in [0.3, 0.4) is 0 Å². The highest BCUT2D eigenvalue weighted by Crippen LogP contribution is 2.20. The molecule has 0 fully saturated rings. The molecule has 0 saturated carbocycles. The lowest BCUT2D eigenvalue weighted by Gasteiger charge is -2.20. The van der Waals surface area contributed by atoms with Gasteiger partial charge in [0.25, 0.3) is 0 Å². The molecular formula is C14H19FN2O. The minimum Gasteiger partial charge on any atom is -0.491 e. The van der Waals surface area contributed by atoms with Gasteiger partial charge < -0.3 is 10.1 Å². The Morgan fingerprint density at radius 3 is 2.83 bits per heavy atom. The number of hydrogen-bond acceptors (Lipinski definition) is 3. The molecule has 1 aromatic carbocycles. The minimum atomic E-state index is -0.547. The van der Waals surface area contributed by atoms with Crippen LogP contribution in [0.4, 0.5) is 4.39 Å². The zero-order valence-electron chi connectivity index (χ0n) is 11.1. The SMILES string of the molecule is CNC(C)(C#N)CCCOc1cccc(C)c1F. The predicted molar refractivity (Wildman–Crippen MR) is 68.9 cm³/mol. The first-order chi connectivity index (χ1) is 8.52. The van der Waals surface area contributed by atoms with Crippen molar-refractivity contribution in [2.45, 2.75) is 32.2 Å². The summed E-state index contributed by atoms with van der Waals surface area (Å²) < 4.78 is 19.0. The van der Waals surface area contributed by atoms with Crippen molar-refractivity contribution in [3.8, 4) is 11.8 Å². The lowest BCUT2D eigenvalue weighted by atomic mass is 9.98. The number of nitriles is 1. The summed E-state index contributed by atoms with van der Waals surface area (Å²) >= 11 is 0. The summed E-state index contributed by atoms with van der Waals surface area (Å²) in [4.78, 5) is 0. The molecule has 0 radical (unpaired) electrons. The van der Waals surface area contributed by atoms with Crippen LogP contribution in [0.15, 0.2) is 18.2 Å². The van der Waals surface area contributed by atoms with Gasteiger partial charge in [0.2, 0.25) is 0 Å². The van der Waals surface area contributed by atoms with E-state index < -0.39 is 5.54 Å². The van der Waals surface area contributed by atoms with Crippen molar-refractivity contribution in [2.24, 2.45) is 0 Å². The summed E-state index contributed by atoms with van der Waals surface area (Å²) in [6, 6.07) is 7.29. The number of aryl methyl sites for hydroxylation is 1. The summed E-state index contributed by atoms with van der Waals surface area (Å²) in [5, 5.41) is 11.9. The molecule has 0 spiro atoms. The van der Waals surface area contributed by atoms with Gasteiger partial charge >= 0.3 is 0 Å². The molecule has 0 bridgehead atoms. The van der Waals surface area contributed by atoms with Crippen molar-refractivity contribution in [3.05, 3.63) is 29.6 Å². The Morgan fingerprint density at radius 2 is 2.22 bits per heavy atom. The Balaban J connectivity index is 2.44. The maximum absolute atomic E-state index is 13.6. The van der Waals surface area contributed by atoms with Crippen molar-refractivity contribution >= 4 is 0 Å². The van der Waals surface area contributed by atoms with Crippen LogP contribution in [-0.2, 0) is 0 Å². The summed E-state index contributed by atoms with van der Waals surface area (Å²) in [5.74, 6) is -0.0349. The molecule has 1 rings (SSSR count). The number of halogens is 1. The van der Waals surface area contributed by atoms with Gasteiger partial charge in [-0.2, -0.15) is 5.26 Å². The minimum absolute atomic E-state index is 0.276. The van der Waals surface area contributed by atoms with Gasteiger partial charge in [0.1, 0.15) is 5.54 Å². The molecule has 0 amide bonds. The topological polar surface area (TPSA) is 45.0 Å². The molecule has 0 saturated heterocycles. The fourth-order valence-corrected chi connectivity index (χ4v) is 1.58. The average Bonchev–Trinajstić information content (AvgIpc) is 2.39. The molecule has 1 N–H and O–H groups in total. The summed E-state index contributed by atoms with van der Waals surface area (Å²) in [6.45, 7) is 3.94. The molecule has 0 aromatic heterocycles. The monoisotopic (exact) mass is 250 g/mol. The average molecular weight is 250 g/mol. The van der Waals surface area contributed by atoms with Gasteiger partial charge in [-0.3, -0.25) is 0 Å². The molecule has 1 unspecified atom stereocenters. The lowest BCUT2D eigenvalue weighted by Crippen LogP contribution is -2.38. The zero-order valence-corrected chi connectivity index (χ0v) is 11.1. The van der Waals surface area contributed by atoms with Gasteiger partial charge in [-0.05, 0) is 45.4 Å². The van der Waals surface area contributed by atoms with Crippen LogP contribution in [0.2, 0.25) is 0 Å². The van der Waals surface area contributed by atoms with Crippen LogP contribution in [-0.4, -0.2) is 19.2 Å². The molecule has 0 aliphatic rings. The van der Waals surface area contributed by atoms with E-state index in [1.807, 2.05) is 6.92 Å². The number of rotatable bonds is 6. The van der Waals surface area contributed by atoms with Crippen LogP contribution >= 0.6 is 0 Å². The predicted octanol–water partition coefficient (Wildman–Crippen LogP) is 2.79. The van der Waals surface area contributed by atoms with Gasteiger partial charge in [-0.25, -0.2) is 4.39 Å². The Morgan fingerprint density at radius 1 is 1.50 bits per heavy atom. The normalized spacial score (nSPS) is 13.7. The molecule has 98 valence electrons. The van der Waals surface area contributed by atoms with Crippen molar-refractivity contribution in [1.82, 2.24) is 5.32 Å². The van der Waals surface area contributed by atoms with Crippen molar-refractivity contribution in [2.75, 3.05) is 13.7 Å². The highest BCUT2D eigenvalue weighted by atomic mass is 19.1. The van der Waals surface area contributed by atoms with E-state index in [1.54, 1.807) is 32.2 Å². The van der Waals surface area contributed by atoms with E-state index >= 15 is 0 Å². The van der Waals surface area contributed by atoms with Crippen LogP contribution in [0.1, 0.15) is 25.3 Å². The summed E-state index contributed by atoms with van der Waals surface area (Å²) in [6.07, 6.45) is 1.35. The molecule has 1 atom stereocenters. The van der Waals surface area contributed by atoms with E-state index in [1.165, 1.54) is 0 Å². The highest BCUT2D eigenvalue weighted by molar-refractivity contribution is 5.30. The number of nitrogens with one attached hydrogen (secondary N) is 1. The van der Waals surface area contributed by atoms with E-state index in [0.29, 0.717) is 25.0 Å².